The zero-order valence-electron chi connectivity index (χ0n) is 12.9. The van der Waals surface area contributed by atoms with Crippen LogP contribution in [0.1, 0.15) is 0 Å². The van der Waals surface area contributed by atoms with Gasteiger partial charge in [-0.1, -0.05) is 0 Å². The molecule has 0 aliphatic heterocycles. The summed E-state index contributed by atoms with van der Waals surface area (Å²) in [7, 11) is 0. The number of phenols is 4. The summed E-state index contributed by atoms with van der Waals surface area (Å²) in [6.07, 6.45) is -1.33. The first-order valence-corrected chi connectivity index (χ1v) is 6.84. The SMILES string of the molecule is NC(=O)O.O=c1c(O)c(-c2ccc(O)c(O)c2)oc2cc(O)cc(O)c12. The third-order valence-electron chi connectivity index (χ3n) is 3.17. The molecule has 2 aromatic carbocycles. The number of benzene rings is 2. The van der Waals surface area contributed by atoms with E-state index in [2.05, 4.69) is 5.73 Å². The number of amides is 1. The molecule has 0 radical (unpaired) electrons. The lowest BCUT2D eigenvalue weighted by molar-refractivity contribution is 0.205. The Morgan fingerprint density at radius 3 is 2.12 bits per heavy atom. The molecule has 1 amide bonds. The van der Waals surface area contributed by atoms with Crippen molar-refractivity contribution in [2.24, 2.45) is 5.73 Å². The van der Waals surface area contributed by atoms with Crippen molar-refractivity contribution in [1.82, 2.24) is 0 Å². The number of hydrogen-bond donors (Lipinski definition) is 7. The normalized spacial score (nSPS) is 10.2. The van der Waals surface area contributed by atoms with E-state index in [0.717, 1.165) is 24.3 Å². The van der Waals surface area contributed by atoms with Crippen LogP contribution in [-0.2, 0) is 0 Å². The van der Waals surface area contributed by atoms with Crippen LogP contribution in [-0.4, -0.2) is 36.7 Å². The molecular weight excluding hydrogens is 350 g/mol. The van der Waals surface area contributed by atoms with Gasteiger partial charge in [-0.15, -0.1) is 0 Å². The lowest BCUT2D eigenvalue weighted by Gasteiger charge is -2.08. The molecule has 26 heavy (non-hydrogen) atoms. The predicted octanol–water partition coefficient (Wildman–Crippen LogP) is 1.61. The number of carbonyl (C=O) groups is 1. The summed E-state index contributed by atoms with van der Waals surface area (Å²) < 4.78 is 5.35. The van der Waals surface area contributed by atoms with Gasteiger partial charge in [-0.05, 0) is 18.2 Å². The van der Waals surface area contributed by atoms with Crippen molar-refractivity contribution in [3.63, 3.8) is 0 Å². The second-order valence-corrected chi connectivity index (χ2v) is 4.99. The number of nitrogens with two attached hydrogens (primary N) is 1. The van der Waals surface area contributed by atoms with Crippen LogP contribution in [0, 0.1) is 0 Å². The van der Waals surface area contributed by atoms with E-state index in [-0.39, 0.29) is 33.8 Å². The first-order valence-electron chi connectivity index (χ1n) is 6.84. The molecule has 0 aliphatic carbocycles. The number of primary amides is 1. The van der Waals surface area contributed by atoms with E-state index in [9.17, 15) is 30.3 Å². The van der Waals surface area contributed by atoms with Crippen LogP contribution in [0.4, 0.5) is 4.79 Å². The number of hydrogen-bond acceptors (Lipinski definition) is 8. The van der Waals surface area contributed by atoms with Crippen molar-refractivity contribution in [2.75, 3.05) is 0 Å². The van der Waals surface area contributed by atoms with Crippen molar-refractivity contribution >= 4 is 17.1 Å². The molecule has 10 nitrogen and oxygen atoms in total. The molecule has 8 N–H and O–H groups in total. The topological polar surface area (TPSA) is 195 Å². The number of aromatic hydroxyl groups is 5. The highest BCUT2D eigenvalue weighted by Crippen LogP contribution is 2.37. The maximum Gasteiger partial charge on any atom is 0.402 e. The van der Waals surface area contributed by atoms with Gasteiger partial charge in [0.15, 0.2) is 17.3 Å². The van der Waals surface area contributed by atoms with Crippen LogP contribution >= 0.6 is 0 Å². The molecule has 0 saturated carbocycles. The average molecular weight is 363 g/mol. The van der Waals surface area contributed by atoms with Gasteiger partial charge < -0.3 is 40.8 Å². The van der Waals surface area contributed by atoms with E-state index in [1.807, 2.05) is 0 Å². The van der Waals surface area contributed by atoms with Crippen molar-refractivity contribution in [3.05, 3.63) is 40.6 Å². The van der Waals surface area contributed by atoms with Gasteiger partial charge in [0, 0.05) is 17.7 Å². The summed E-state index contributed by atoms with van der Waals surface area (Å²) in [4.78, 5) is 20.9. The maximum absolute atomic E-state index is 12.1. The number of carboxylic acid groups (broad SMARTS) is 1. The zero-order valence-corrected chi connectivity index (χ0v) is 12.9. The van der Waals surface area contributed by atoms with Crippen LogP contribution in [0.3, 0.4) is 0 Å². The summed E-state index contributed by atoms with van der Waals surface area (Å²) in [6, 6.07) is 5.64. The minimum Gasteiger partial charge on any atom is -0.508 e. The lowest BCUT2D eigenvalue weighted by Crippen LogP contribution is -2.03. The molecule has 1 aromatic heterocycles. The fourth-order valence-corrected chi connectivity index (χ4v) is 2.14. The van der Waals surface area contributed by atoms with Gasteiger partial charge >= 0.3 is 6.09 Å². The van der Waals surface area contributed by atoms with E-state index in [0.29, 0.717) is 0 Å². The van der Waals surface area contributed by atoms with Crippen LogP contribution in [0.15, 0.2) is 39.5 Å². The molecule has 0 aliphatic rings. The van der Waals surface area contributed by atoms with Gasteiger partial charge in [-0.2, -0.15) is 0 Å². The first kappa shape index (κ1) is 18.3. The van der Waals surface area contributed by atoms with E-state index in [4.69, 9.17) is 14.3 Å². The largest absolute Gasteiger partial charge is 0.508 e. The van der Waals surface area contributed by atoms with Gasteiger partial charge in [-0.25, -0.2) is 4.79 Å². The molecule has 0 spiro atoms. The molecule has 136 valence electrons. The highest BCUT2D eigenvalue weighted by Gasteiger charge is 2.19. The van der Waals surface area contributed by atoms with Crippen LogP contribution in [0.25, 0.3) is 22.3 Å². The van der Waals surface area contributed by atoms with Crippen molar-refractivity contribution < 1.29 is 39.9 Å². The van der Waals surface area contributed by atoms with Gasteiger partial charge in [0.25, 0.3) is 0 Å². The Balaban J connectivity index is 0.000000552. The van der Waals surface area contributed by atoms with Crippen molar-refractivity contribution in [3.8, 4) is 40.1 Å². The Morgan fingerprint density at radius 2 is 1.54 bits per heavy atom. The van der Waals surface area contributed by atoms with E-state index in [1.165, 1.54) is 6.07 Å². The fraction of sp³-hybridized carbons (Fsp3) is 0. The molecule has 10 heteroatoms. The van der Waals surface area contributed by atoms with Gasteiger partial charge in [0.1, 0.15) is 22.5 Å². The summed E-state index contributed by atoms with van der Waals surface area (Å²) in [5.41, 5.74) is 3.14. The van der Waals surface area contributed by atoms with Crippen LogP contribution in [0.5, 0.6) is 28.7 Å². The molecule has 1 heterocycles. The van der Waals surface area contributed by atoms with Crippen LogP contribution in [0.2, 0.25) is 0 Å². The molecular formula is C16H13NO9. The molecule has 0 fully saturated rings. The molecule has 3 aromatic rings. The molecule has 0 bridgehead atoms. The second-order valence-electron chi connectivity index (χ2n) is 4.99. The number of fused-ring (bicyclic) bond motifs is 1. The lowest BCUT2D eigenvalue weighted by atomic mass is 10.1. The van der Waals surface area contributed by atoms with E-state index < -0.39 is 28.8 Å². The Labute approximate surface area is 144 Å². The fourth-order valence-electron chi connectivity index (χ4n) is 2.14. The van der Waals surface area contributed by atoms with Gasteiger partial charge in [0.05, 0.1) is 0 Å². The minimum atomic E-state index is -1.33. The molecule has 0 atom stereocenters. The van der Waals surface area contributed by atoms with Crippen molar-refractivity contribution in [1.29, 1.82) is 0 Å². The standard InChI is InChI=1S/C15H10O7.CH3NO2/c16-7-4-10(19)12-11(5-7)22-15(14(21)13(12)20)6-1-2-8(17)9(18)3-6;2-1(3)4/h1-5,16-19,21H;2H2,(H,3,4). The van der Waals surface area contributed by atoms with Gasteiger partial charge in [0.2, 0.25) is 11.2 Å². The number of rotatable bonds is 1. The molecule has 3 rings (SSSR count). The Hall–Kier alpha value is -4.08. The summed E-state index contributed by atoms with van der Waals surface area (Å²) >= 11 is 0. The monoisotopic (exact) mass is 363 g/mol. The highest BCUT2D eigenvalue weighted by atomic mass is 16.4. The average Bonchev–Trinajstić information content (AvgIpc) is 2.52. The minimum absolute atomic E-state index is 0.134. The smallest absolute Gasteiger partial charge is 0.402 e. The third kappa shape index (κ3) is 3.53. The first-order chi connectivity index (χ1) is 12.1. The third-order valence-corrected chi connectivity index (χ3v) is 3.17. The Kier molecular flexibility index (Phi) is 4.78. The van der Waals surface area contributed by atoms with E-state index >= 15 is 0 Å². The number of phenolic OH excluding ortho intramolecular Hbond substituents is 4. The quantitative estimate of drug-likeness (QED) is 0.314. The highest BCUT2D eigenvalue weighted by molar-refractivity contribution is 5.88. The Bertz CT molecular complexity index is 1050. The summed E-state index contributed by atoms with van der Waals surface area (Å²) in [5, 5.41) is 54.8. The summed E-state index contributed by atoms with van der Waals surface area (Å²) in [5.74, 6) is -2.71. The van der Waals surface area contributed by atoms with Crippen LogP contribution < -0.4 is 11.2 Å². The molecule has 0 saturated heterocycles. The zero-order chi connectivity index (χ0) is 19.6. The predicted molar refractivity (Wildman–Crippen MR) is 88.5 cm³/mol. The maximum atomic E-state index is 12.1. The van der Waals surface area contributed by atoms with E-state index in [1.54, 1.807) is 0 Å². The second kappa shape index (κ2) is 6.81. The summed E-state index contributed by atoms with van der Waals surface area (Å²) in [6.45, 7) is 0. The Morgan fingerprint density at radius 1 is 0.923 bits per heavy atom. The van der Waals surface area contributed by atoms with Crippen molar-refractivity contribution in [2.45, 2.75) is 0 Å². The van der Waals surface area contributed by atoms with Gasteiger partial charge in [-0.3, -0.25) is 4.79 Å². The molecule has 0 unspecified atom stereocenters.